The first-order valence-electron chi connectivity index (χ1n) is 5.65. The Morgan fingerprint density at radius 1 is 1.11 bits per heavy atom. The highest BCUT2D eigenvalue weighted by Gasteiger charge is 2.04. The minimum absolute atomic E-state index is 0.0547. The van der Waals surface area contributed by atoms with Gasteiger partial charge in [-0.15, -0.1) is 0 Å². The van der Waals surface area contributed by atoms with E-state index in [2.05, 4.69) is 5.32 Å². The summed E-state index contributed by atoms with van der Waals surface area (Å²) < 4.78 is 30.8. The fraction of sp³-hybridized carbons (Fsp3) is 0.143. The highest BCUT2D eigenvalue weighted by atomic mass is 19.2. The minimum atomic E-state index is -0.895. The number of ether oxygens (including phenoxy) is 1. The van der Waals surface area contributed by atoms with Gasteiger partial charge in [-0.25, -0.2) is 8.78 Å². The normalized spacial score (nSPS) is 10.3. The summed E-state index contributed by atoms with van der Waals surface area (Å²) in [6.45, 7) is 0.404. The van der Waals surface area contributed by atoms with Crippen LogP contribution in [0.25, 0.3) is 0 Å². The predicted octanol–water partition coefficient (Wildman–Crippen LogP) is 3.29. The smallest absolute Gasteiger partial charge is 0.160 e. The molecule has 2 rings (SSSR count). The van der Waals surface area contributed by atoms with Crippen LogP contribution in [-0.4, -0.2) is 12.2 Å². The van der Waals surface area contributed by atoms with Gasteiger partial charge in [0.25, 0.3) is 0 Å². The summed E-state index contributed by atoms with van der Waals surface area (Å²) in [7, 11) is 1.46. The highest BCUT2D eigenvalue weighted by molar-refractivity contribution is 5.46. The molecule has 0 aromatic heterocycles. The van der Waals surface area contributed by atoms with Crippen LogP contribution < -0.4 is 10.1 Å². The Bertz CT molecular complexity index is 588. The third kappa shape index (κ3) is 3.13. The van der Waals surface area contributed by atoms with Gasteiger partial charge in [0.05, 0.1) is 7.11 Å². The molecule has 2 aromatic carbocycles. The molecule has 0 fully saturated rings. The molecule has 0 amide bonds. The summed E-state index contributed by atoms with van der Waals surface area (Å²) in [4.78, 5) is 0. The van der Waals surface area contributed by atoms with E-state index in [4.69, 9.17) is 4.74 Å². The van der Waals surface area contributed by atoms with Crippen LogP contribution >= 0.6 is 0 Å². The molecule has 0 unspecified atom stereocenters. The van der Waals surface area contributed by atoms with Crippen molar-refractivity contribution < 1.29 is 18.6 Å². The second-order valence-electron chi connectivity index (χ2n) is 3.99. The summed E-state index contributed by atoms with van der Waals surface area (Å²) in [6.07, 6.45) is 0. The van der Waals surface area contributed by atoms with Crippen LogP contribution in [0.2, 0.25) is 0 Å². The third-order valence-corrected chi connectivity index (χ3v) is 2.66. The van der Waals surface area contributed by atoms with Crippen molar-refractivity contribution in [3.8, 4) is 11.5 Å². The van der Waals surface area contributed by atoms with Crippen molar-refractivity contribution in [1.29, 1.82) is 0 Å². The van der Waals surface area contributed by atoms with Crippen LogP contribution in [0.1, 0.15) is 5.56 Å². The molecule has 5 heteroatoms. The summed E-state index contributed by atoms with van der Waals surface area (Å²) in [5, 5.41) is 12.4. The zero-order valence-corrected chi connectivity index (χ0v) is 10.3. The molecule has 0 aliphatic heterocycles. The van der Waals surface area contributed by atoms with Gasteiger partial charge in [-0.05, 0) is 29.8 Å². The second-order valence-corrected chi connectivity index (χ2v) is 3.99. The number of rotatable bonds is 4. The van der Waals surface area contributed by atoms with Gasteiger partial charge in [0.2, 0.25) is 0 Å². The van der Waals surface area contributed by atoms with Crippen molar-refractivity contribution in [1.82, 2.24) is 0 Å². The van der Waals surface area contributed by atoms with Crippen molar-refractivity contribution in [2.45, 2.75) is 6.54 Å². The summed E-state index contributed by atoms with van der Waals surface area (Å²) in [5.74, 6) is -1.35. The Balaban J connectivity index is 2.07. The molecule has 3 nitrogen and oxygen atoms in total. The lowest BCUT2D eigenvalue weighted by Crippen LogP contribution is -2.00. The average molecular weight is 265 g/mol. The first-order valence-corrected chi connectivity index (χ1v) is 5.65. The molecule has 0 radical (unpaired) electrons. The number of nitrogens with one attached hydrogen (secondary N) is 1. The number of hydrogen-bond acceptors (Lipinski definition) is 3. The van der Waals surface area contributed by atoms with Crippen molar-refractivity contribution in [2.75, 3.05) is 12.4 Å². The summed E-state index contributed by atoms with van der Waals surface area (Å²) in [6, 6.07) is 8.51. The molecule has 0 saturated carbocycles. The first kappa shape index (κ1) is 13.1. The van der Waals surface area contributed by atoms with E-state index in [0.29, 0.717) is 18.0 Å². The molecule has 0 aliphatic rings. The predicted molar refractivity (Wildman–Crippen MR) is 68.3 cm³/mol. The van der Waals surface area contributed by atoms with Crippen molar-refractivity contribution in [3.63, 3.8) is 0 Å². The number of anilines is 1. The van der Waals surface area contributed by atoms with E-state index in [9.17, 15) is 13.9 Å². The second kappa shape index (κ2) is 5.56. The van der Waals surface area contributed by atoms with E-state index in [1.807, 2.05) is 0 Å². The average Bonchev–Trinajstić information content (AvgIpc) is 2.41. The number of phenols is 1. The van der Waals surface area contributed by atoms with E-state index in [0.717, 1.165) is 17.7 Å². The Kier molecular flexibility index (Phi) is 3.85. The Labute approximate surface area is 109 Å². The molecule has 0 bridgehead atoms. The number of halogens is 2. The molecule has 0 spiro atoms. The molecule has 0 atom stereocenters. The van der Waals surface area contributed by atoms with Crippen molar-refractivity contribution >= 4 is 5.69 Å². The molecule has 19 heavy (non-hydrogen) atoms. The van der Waals surface area contributed by atoms with Crippen LogP contribution in [-0.2, 0) is 6.54 Å². The Morgan fingerprint density at radius 2 is 1.89 bits per heavy atom. The highest BCUT2D eigenvalue weighted by Crippen LogP contribution is 2.26. The van der Waals surface area contributed by atoms with E-state index in [-0.39, 0.29) is 5.75 Å². The first-order chi connectivity index (χ1) is 9.10. The molecule has 2 aromatic rings. The lowest BCUT2D eigenvalue weighted by molar-refractivity contribution is 0.373. The molecule has 0 aliphatic carbocycles. The van der Waals surface area contributed by atoms with Crippen LogP contribution in [0.4, 0.5) is 14.5 Å². The maximum Gasteiger partial charge on any atom is 0.160 e. The van der Waals surface area contributed by atoms with Crippen molar-refractivity contribution in [2.24, 2.45) is 0 Å². The fourth-order valence-electron chi connectivity index (χ4n) is 1.64. The van der Waals surface area contributed by atoms with Crippen LogP contribution in [0.15, 0.2) is 36.4 Å². The third-order valence-electron chi connectivity index (χ3n) is 2.66. The van der Waals surface area contributed by atoms with Gasteiger partial charge < -0.3 is 15.2 Å². The minimum Gasteiger partial charge on any atom is -0.504 e. The SMILES string of the molecule is COc1cc(CNc2ccc(F)c(F)c2)ccc1O. The van der Waals surface area contributed by atoms with Gasteiger partial charge in [-0.3, -0.25) is 0 Å². The summed E-state index contributed by atoms with van der Waals surface area (Å²) in [5.41, 5.74) is 1.32. The zero-order chi connectivity index (χ0) is 13.8. The zero-order valence-electron chi connectivity index (χ0n) is 10.3. The largest absolute Gasteiger partial charge is 0.504 e. The number of methoxy groups -OCH3 is 1. The summed E-state index contributed by atoms with van der Waals surface area (Å²) >= 11 is 0. The van der Waals surface area contributed by atoms with Gasteiger partial charge in [0.1, 0.15) is 0 Å². The van der Waals surface area contributed by atoms with Crippen LogP contribution in [0.3, 0.4) is 0 Å². The topological polar surface area (TPSA) is 41.5 Å². The van der Waals surface area contributed by atoms with Crippen LogP contribution in [0, 0.1) is 11.6 Å². The molecule has 2 N–H and O–H groups in total. The lowest BCUT2D eigenvalue weighted by Gasteiger charge is -2.09. The van der Waals surface area contributed by atoms with E-state index >= 15 is 0 Å². The molecule has 0 heterocycles. The number of phenolic OH excluding ortho intramolecular Hbond substituents is 1. The molecular weight excluding hydrogens is 252 g/mol. The van der Waals surface area contributed by atoms with Crippen LogP contribution in [0.5, 0.6) is 11.5 Å². The lowest BCUT2D eigenvalue weighted by atomic mass is 10.2. The maximum absolute atomic E-state index is 13.0. The van der Waals surface area contributed by atoms with E-state index in [1.54, 1.807) is 12.1 Å². The van der Waals surface area contributed by atoms with Gasteiger partial charge in [0.15, 0.2) is 23.1 Å². The fourth-order valence-corrected chi connectivity index (χ4v) is 1.64. The molecule has 100 valence electrons. The quantitative estimate of drug-likeness (QED) is 0.891. The molecule has 0 saturated heterocycles. The maximum atomic E-state index is 13.0. The van der Waals surface area contributed by atoms with E-state index in [1.165, 1.54) is 19.2 Å². The van der Waals surface area contributed by atoms with Gasteiger partial charge in [-0.1, -0.05) is 6.07 Å². The number of aromatic hydroxyl groups is 1. The van der Waals surface area contributed by atoms with Gasteiger partial charge >= 0.3 is 0 Å². The molecular formula is C14H13F2NO2. The standard InChI is InChI=1S/C14H13F2NO2/c1-19-14-6-9(2-5-13(14)18)8-17-10-3-4-11(15)12(16)7-10/h2-7,17-18H,8H2,1H3. The monoisotopic (exact) mass is 265 g/mol. The Morgan fingerprint density at radius 3 is 2.58 bits per heavy atom. The van der Waals surface area contributed by atoms with E-state index < -0.39 is 11.6 Å². The van der Waals surface area contributed by atoms with Gasteiger partial charge in [-0.2, -0.15) is 0 Å². The van der Waals surface area contributed by atoms with Gasteiger partial charge in [0, 0.05) is 18.3 Å². The number of benzene rings is 2. The van der Waals surface area contributed by atoms with Crippen molar-refractivity contribution in [3.05, 3.63) is 53.6 Å². The Hall–Kier alpha value is -2.30. The number of hydrogen-bond donors (Lipinski definition) is 2.